The Hall–Kier alpha value is -1.92. The van der Waals surface area contributed by atoms with Gasteiger partial charge in [0.1, 0.15) is 0 Å². The highest BCUT2D eigenvalue weighted by Gasteiger charge is 2.27. The van der Waals surface area contributed by atoms with E-state index >= 15 is 0 Å². The zero-order valence-electron chi connectivity index (χ0n) is 15.7. The summed E-state index contributed by atoms with van der Waals surface area (Å²) in [5.74, 6) is -0.0592. The van der Waals surface area contributed by atoms with E-state index in [0.29, 0.717) is 25.5 Å². The molecule has 0 fully saturated rings. The molecule has 0 aliphatic carbocycles. The zero-order chi connectivity index (χ0) is 18.7. The Morgan fingerprint density at radius 2 is 1.88 bits per heavy atom. The molecule has 0 spiro atoms. The van der Waals surface area contributed by atoms with Gasteiger partial charge in [-0.25, -0.2) is 4.79 Å². The highest BCUT2D eigenvalue weighted by molar-refractivity contribution is 5.84. The number of amides is 1. The fraction of sp³-hybridized carbons (Fsp3) is 0.579. The number of methoxy groups -OCH3 is 1. The van der Waals surface area contributed by atoms with E-state index in [2.05, 4.69) is 19.2 Å². The second kappa shape index (κ2) is 11.6. The molecule has 6 nitrogen and oxygen atoms in total. The first-order valence-electron chi connectivity index (χ1n) is 8.61. The minimum atomic E-state index is -0.744. The Labute approximate surface area is 150 Å². The first-order chi connectivity index (χ1) is 12.0. The van der Waals surface area contributed by atoms with E-state index in [1.54, 1.807) is 7.05 Å². The van der Waals surface area contributed by atoms with Gasteiger partial charge < -0.3 is 19.7 Å². The Morgan fingerprint density at radius 1 is 1.20 bits per heavy atom. The summed E-state index contributed by atoms with van der Waals surface area (Å²) in [7, 11) is 2.92. The van der Waals surface area contributed by atoms with Crippen molar-refractivity contribution in [3.63, 3.8) is 0 Å². The number of carbonyl (C=O) groups excluding carboxylic acids is 2. The topological polar surface area (TPSA) is 67.9 Å². The first kappa shape index (κ1) is 21.1. The van der Waals surface area contributed by atoms with Crippen LogP contribution in [0, 0.1) is 5.92 Å². The van der Waals surface area contributed by atoms with Gasteiger partial charge in [0.15, 0.2) is 6.04 Å². The molecule has 1 rings (SSSR count). The fourth-order valence-corrected chi connectivity index (χ4v) is 2.27. The van der Waals surface area contributed by atoms with Gasteiger partial charge in [0, 0.05) is 20.0 Å². The third-order valence-electron chi connectivity index (χ3n) is 3.79. The maximum Gasteiger partial charge on any atom is 0.330 e. The van der Waals surface area contributed by atoms with E-state index in [1.807, 2.05) is 30.3 Å². The van der Waals surface area contributed by atoms with Crippen LogP contribution in [0.2, 0.25) is 0 Å². The summed E-state index contributed by atoms with van der Waals surface area (Å²) in [5.41, 5.74) is 1.01. The van der Waals surface area contributed by atoms with Gasteiger partial charge in [0.2, 0.25) is 5.91 Å². The van der Waals surface area contributed by atoms with Crippen LogP contribution in [0.1, 0.15) is 25.8 Å². The molecular formula is C19H30N2O4. The predicted molar refractivity (Wildman–Crippen MR) is 97.0 cm³/mol. The molecule has 1 amide bonds. The number of hydrogen-bond donors (Lipinski definition) is 1. The van der Waals surface area contributed by atoms with Crippen molar-refractivity contribution >= 4 is 11.9 Å². The van der Waals surface area contributed by atoms with Crippen molar-refractivity contribution in [2.75, 3.05) is 33.9 Å². The Balaban J connectivity index is 2.49. The molecule has 0 bridgehead atoms. The van der Waals surface area contributed by atoms with Gasteiger partial charge in [0.25, 0.3) is 0 Å². The predicted octanol–water partition coefficient (Wildman–Crippen LogP) is 1.84. The van der Waals surface area contributed by atoms with Crippen LogP contribution in [0.4, 0.5) is 0 Å². The van der Waals surface area contributed by atoms with Crippen LogP contribution < -0.4 is 5.32 Å². The van der Waals surface area contributed by atoms with Crippen molar-refractivity contribution in [1.82, 2.24) is 10.2 Å². The minimum absolute atomic E-state index is 0.100. The van der Waals surface area contributed by atoms with Gasteiger partial charge in [-0.2, -0.15) is 0 Å². The third kappa shape index (κ3) is 8.14. The monoisotopic (exact) mass is 350 g/mol. The average molecular weight is 350 g/mol. The standard InChI is InChI=1S/C19H30N2O4/c1-15(2)12-20-11-10-18(22)21(3)17(19(23)24-4)14-25-13-16-8-6-5-7-9-16/h5-9,15,17,20H,10-14H2,1-4H3. The first-order valence-corrected chi connectivity index (χ1v) is 8.61. The van der Waals surface area contributed by atoms with Crippen LogP contribution >= 0.6 is 0 Å². The summed E-state index contributed by atoms with van der Waals surface area (Å²) in [6.07, 6.45) is 0.329. The number of esters is 1. The highest BCUT2D eigenvalue weighted by atomic mass is 16.5. The molecular weight excluding hydrogens is 320 g/mol. The van der Waals surface area contributed by atoms with Crippen molar-refractivity contribution in [2.45, 2.75) is 32.9 Å². The molecule has 1 aromatic carbocycles. The van der Waals surface area contributed by atoms with Gasteiger partial charge in [-0.05, 0) is 18.0 Å². The maximum absolute atomic E-state index is 12.3. The lowest BCUT2D eigenvalue weighted by atomic mass is 10.2. The van der Waals surface area contributed by atoms with Crippen molar-refractivity contribution in [1.29, 1.82) is 0 Å². The normalized spacial score (nSPS) is 12.0. The maximum atomic E-state index is 12.3. The molecule has 0 saturated carbocycles. The molecule has 1 N–H and O–H groups in total. The largest absolute Gasteiger partial charge is 0.467 e. The molecule has 1 unspecified atom stereocenters. The highest BCUT2D eigenvalue weighted by Crippen LogP contribution is 2.06. The molecule has 0 radical (unpaired) electrons. The quantitative estimate of drug-likeness (QED) is 0.487. The van der Waals surface area contributed by atoms with Crippen LogP contribution in [-0.2, 0) is 25.7 Å². The van der Waals surface area contributed by atoms with Gasteiger partial charge in [-0.3, -0.25) is 4.79 Å². The second-order valence-corrected chi connectivity index (χ2v) is 6.39. The SMILES string of the molecule is COC(=O)C(COCc1ccccc1)N(C)C(=O)CCNCC(C)C. The van der Waals surface area contributed by atoms with E-state index in [9.17, 15) is 9.59 Å². The Morgan fingerprint density at radius 3 is 2.48 bits per heavy atom. The number of nitrogens with zero attached hydrogens (tertiary/aromatic N) is 1. The van der Waals surface area contributed by atoms with E-state index in [4.69, 9.17) is 9.47 Å². The van der Waals surface area contributed by atoms with Gasteiger partial charge in [0.05, 0.1) is 20.3 Å². The summed E-state index contributed by atoms with van der Waals surface area (Å²) in [6.45, 7) is 6.14. The van der Waals surface area contributed by atoms with E-state index in [-0.39, 0.29) is 12.5 Å². The molecule has 0 heterocycles. The van der Waals surface area contributed by atoms with E-state index in [1.165, 1.54) is 12.0 Å². The molecule has 0 aliphatic heterocycles. The van der Waals surface area contributed by atoms with Crippen molar-refractivity contribution in [2.24, 2.45) is 5.92 Å². The molecule has 0 saturated heterocycles. The Bertz CT molecular complexity index is 519. The van der Waals surface area contributed by atoms with Crippen LogP contribution in [-0.4, -0.2) is 56.7 Å². The number of benzene rings is 1. The number of ether oxygens (including phenoxy) is 2. The number of rotatable bonds is 11. The molecule has 25 heavy (non-hydrogen) atoms. The van der Waals surface area contributed by atoms with E-state index in [0.717, 1.165) is 12.1 Å². The van der Waals surface area contributed by atoms with Crippen LogP contribution in [0.5, 0.6) is 0 Å². The van der Waals surface area contributed by atoms with Crippen molar-refractivity contribution in [3.8, 4) is 0 Å². The lowest BCUT2D eigenvalue weighted by Gasteiger charge is -2.26. The summed E-state index contributed by atoms with van der Waals surface area (Å²) in [5, 5.41) is 3.22. The van der Waals surface area contributed by atoms with Crippen LogP contribution in [0.25, 0.3) is 0 Å². The lowest BCUT2D eigenvalue weighted by molar-refractivity contribution is -0.154. The summed E-state index contributed by atoms with van der Waals surface area (Å²) in [4.78, 5) is 25.7. The number of likely N-dealkylation sites (N-methyl/N-ethyl adjacent to an activating group) is 1. The van der Waals surface area contributed by atoms with Crippen molar-refractivity contribution in [3.05, 3.63) is 35.9 Å². The second-order valence-electron chi connectivity index (χ2n) is 6.39. The number of carbonyl (C=O) groups is 2. The smallest absolute Gasteiger partial charge is 0.330 e. The van der Waals surface area contributed by atoms with E-state index < -0.39 is 12.0 Å². The molecule has 0 aliphatic rings. The molecule has 1 atom stereocenters. The lowest BCUT2D eigenvalue weighted by Crippen LogP contribution is -2.46. The summed E-state index contributed by atoms with van der Waals surface area (Å²) >= 11 is 0. The molecule has 140 valence electrons. The number of hydrogen-bond acceptors (Lipinski definition) is 5. The average Bonchev–Trinajstić information content (AvgIpc) is 2.61. The van der Waals surface area contributed by atoms with Gasteiger partial charge in [-0.15, -0.1) is 0 Å². The molecule has 1 aromatic rings. The van der Waals surface area contributed by atoms with Gasteiger partial charge in [-0.1, -0.05) is 44.2 Å². The van der Waals surface area contributed by atoms with Gasteiger partial charge >= 0.3 is 5.97 Å². The fourth-order valence-electron chi connectivity index (χ4n) is 2.27. The van der Waals surface area contributed by atoms with Crippen LogP contribution in [0.15, 0.2) is 30.3 Å². The third-order valence-corrected chi connectivity index (χ3v) is 3.79. The number of nitrogens with one attached hydrogen (secondary N) is 1. The zero-order valence-corrected chi connectivity index (χ0v) is 15.7. The minimum Gasteiger partial charge on any atom is -0.467 e. The van der Waals surface area contributed by atoms with Crippen LogP contribution in [0.3, 0.4) is 0 Å². The Kier molecular flexibility index (Phi) is 9.80. The summed E-state index contributed by atoms with van der Waals surface area (Å²) in [6, 6.07) is 8.93. The summed E-state index contributed by atoms with van der Waals surface area (Å²) < 4.78 is 10.4. The van der Waals surface area contributed by atoms with Crippen molar-refractivity contribution < 1.29 is 19.1 Å². The molecule has 6 heteroatoms. The molecule has 0 aromatic heterocycles.